The van der Waals surface area contributed by atoms with Gasteiger partial charge in [0, 0.05) is 44.3 Å². The van der Waals surface area contributed by atoms with Crippen molar-refractivity contribution in [3.8, 4) is 0 Å². The third kappa shape index (κ3) is 5.60. The van der Waals surface area contributed by atoms with Crippen LogP contribution in [0.1, 0.15) is 107 Å². The Hall–Kier alpha value is -2.40. The van der Waals surface area contributed by atoms with Gasteiger partial charge in [-0.05, 0) is 76.5 Å². The predicted molar refractivity (Wildman–Crippen MR) is 195 cm³/mol. The molecule has 0 aromatic carbocycles. The molecule has 7 rings (SSSR count). The second-order valence-corrected chi connectivity index (χ2v) is 19.2. The van der Waals surface area contributed by atoms with Gasteiger partial charge in [0.25, 0.3) is 0 Å². The van der Waals surface area contributed by atoms with E-state index in [9.17, 15) is 44.7 Å². The number of carbonyl (C=O) groups excluding carboxylic acids is 4. The van der Waals surface area contributed by atoms with Crippen molar-refractivity contribution in [3.63, 3.8) is 0 Å². The molecule has 3 aliphatic heterocycles. The maximum Gasteiger partial charge on any atom is 0.338 e. The number of nitrogens with zero attached hydrogens (tertiary/aromatic N) is 1. The average molecular weight is 794 g/mol. The van der Waals surface area contributed by atoms with Gasteiger partial charge in [-0.2, -0.15) is 0 Å². The lowest BCUT2D eigenvalue weighted by molar-refractivity contribution is -0.301. The lowest BCUT2D eigenvalue weighted by Gasteiger charge is -2.64. The van der Waals surface area contributed by atoms with Crippen LogP contribution in [0.4, 0.5) is 0 Å². The molecule has 7 fully saturated rings. The first-order chi connectivity index (χ1) is 26.0. The molecule has 15 heteroatoms. The molecule has 15 nitrogen and oxygen atoms in total. The fraction of sp³-hybridized carbons (Fsp3) is 0.902. The zero-order valence-electron chi connectivity index (χ0n) is 34.2. The molecule has 3 heterocycles. The predicted octanol–water partition coefficient (Wildman–Crippen LogP) is 1.61. The molecular formula is C41H63NO14. The van der Waals surface area contributed by atoms with Crippen molar-refractivity contribution in [2.24, 2.45) is 46.8 Å². The summed E-state index contributed by atoms with van der Waals surface area (Å²) in [5, 5.41) is 62.9. The summed E-state index contributed by atoms with van der Waals surface area (Å²) in [6, 6.07) is -0.309. The Labute approximate surface area is 328 Å². The lowest BCUT2D eigenvalue weighted by atomic mass is 9.48. The van der Waals surface area contributed by atoms with Gasteiger partial charge in [0.2, 0.25) is 5.79 Å². The van der Waals surface area contributed by atoms with Crippen LogP contribution in [0.25, 0.3) is 0 Å². The zero-order valence-corrected chi connectivity index (χ0v) is 34.2. The van der Waals surface area contributed by atoms with Gasteiger partial charge in [0.05, 0.1) is 35.1 Å². The van der Waals surface area contributed by atoms with E-state index >= 15 is 0 Å². The molecule has 4 bridgehead atoms. The van der Waals surface area contributed by atoms with Gasteiger partial charge in [-0.15, -0.1) is 0 Å². The van der Waals surface area contributed by atoms with Crippen LogP contribution in [0.2, 0.25) is 0 Å². The molecule has 1 spiro atoms. The van der Waals surface area contributed by atoms with Crippen LogP contribution in [0.15, 0.2) is 0 Å². The van der Waals surface area contributed by atoms with E-state index in [1.165, 1.54) is 20.8 Å². The number of fused-ring (bicyclic) bond motifs is 5. The van der Waals surface area contributed by atoms with E-state index in [1.54, 1.807) is 20.8 Å². The number of rotatable bonds is 8. The molecular weight excluding hydrogens is 730 g/mol. The summed E-state index contributed by atoms with van der Waals surface area (Å²) in [6.07, 6.45) is -5.31. The molecule has 0 aromatic rings. The highest BCUT2D eigenvalue weighted by Gasteiger charge is 2.90. The summed E-state index contributed by atoms with van der Waals surface area (Å²) < 4.78 is 31.3. The second-order valence-electron chi connectivity index (χ2n) is 19.2. The van der Waals surface area contributed by atoms with Gasteiger partial charge < -0.3 is 49.2 Å². The summed E-state index contributed by atoms with van der Waals surface area (Å²) in [5.74, 6) is -10.8. The molecule has 4 aliphatic carbocycles. The monoisotopic (exact) mass is 793 g/mol. The quantitative estimate of drug-likeness (QED) is 0.174. The van der Waals surface area contributed by atoms with Crippen molar-refractivity contribution in [2.75, 3.05) is 13.1 Å². The largest absolute Gasteiger partial charge is 0.458 e. The molecule has 0 unspecified atom stereocenters. The van der Waals surface area contributed by atoms with Gasteiger partial charge in [-0.1, -0.05) is 34.6 Å². The maximum atomic E-state index is 13.9. The first kappa shape index (κ1) is 41.7. The Balaban J connectivity index is 1.45. The second kappa shape index (κ2) is 13.6. The number of esters is 4. The van der Waals surface area contributed by atoms with Crippen LogP contribution in [0, 0.1) is 46.8 Å². The molecule has 0 amide bonds. The van der Waals surface area contributed by atoms with Crippen molar-refractivity contribution in [2.45, 2.75) is 172 Å². The summed E-state index contributed by atoms with van der Waals surface area (Å²) in [6.45, 7) is 15.5. The molecule has 7 aliphatic rings. The molecule has 316 valence electrons. The van der Waals surface area contributed by atoms with Gasteiger partial charge >= 0.3 is 23.9 Å². The third-order valence-corrected chi connectivity index (χ3v) is 16.0. The fourth-order valence-electron chi connectivity index (χ4n) is 13.1. The molecule has 3 saturated heterocycles. The SMILES string of the molecule is CC[C@H](C)C(=O)O[C@@H]1[C@H](O)[C@@H]2[C@H](CN3C[C@H](C)CC[C@@H]3[C@]2(C)O)[C@@H]2C[C@@]34O[C@@]5(O)[C@H](OC(=O)[C@](C)(O)CC)CC[C@@]3(C)[C@H]5[C@H](OC(C)=O)[C@H](OC(C)=O)[C@H]4[C@]12O. The van der Waals surface area contributed by atoms with Crippen LogP contribution in [0.5, 0.6) is 0 Å². The Bertz CT molecular complexity index is 1620. The van der Waals surface area contributed by atoms with E-state index in [1.807, 2.05) is 13.8 Å². The highest BCUT2D eigenvalue weighted by Crippen LogP contribution is 2.78. The Kier molecular flexibility index (Phi) is 10.1. The van der Waals surface area contributed by atoms with Crippen LogP contribution in [-0.4, -0.2) is 132 Å². The third-order valence-electron chi connectivity index (χ3n) is 16.0. The summed E-state index contributed by atoms with van der Waals surface area (Å²) >= 11 is 0. The van der Waals surface area contributed by atoms with E-state index in [-0.39, 0.29) is 31.7 Å². The molecule has 4 saturated carbocycles. The van der Waals surface area contributed by atoms with Crippen LogP contribution < -0.4 is 0 Å². The van der Waals surface area contributed by atoms with E-state index in [0.717, 1.165) is 6.42 Å². The first-order valence-corrected chi connectivity index (χ1v) is 20.7. The van der Waals surface area contributed by atoms with Gasteiger partial charge in [0.15, 0.2) is 17.8 Å². The summed E-state index contributed by atoms with van der Waals surface area (Å²) in [4.78, 5) is 55.6. The minimum atomic E-state index is -2.38. The molecule has 0 radical (unpaired) electrons. The topological polar surface area (TPSA) is 219 Å². The van der Waals surface area contributed by atoms with E-state index < -0.39 is 124 Å². The average Bonchev–Trinajstić information content (AvgIpc) is 3.40. The number of hydrogen-bond acceptors (Lipinski definition) is 15. The molecule has 56 heavy (non-hydrogen) atoms. The zero-order chi connectivity index (χ0) is 41.3. The number of ether oxygens (including phenoxy) is 5. The van der Waals surface area contributed by atoms with Crippen molar-refractivity contribution >= 4 is 23.9 Å². The van der Waals surface area contributed by atoms with Crippen LogP contribution in [0.3, 0.4) is 0 Å². The van der Waals surface area contributed by atoms with E-state index in [2.05, 4.69) is 11.8 Å². The molecule has 0 aromatic heterocycles. The van der Waals surface area contributed by atoms with Crippen LogP contribution in [-0.2, 0) is 42.9 Å². The van der Waals surface area contributed by atoms with Gasteiger partial charge in [0.1, 0.15) is 17.8 Å². The Morgan fingerprint density at radius 1 is 0.929 bits per heavy atom. The first-order valence-electron chi connectivity index (χ1n) is 20.7. The number of aliphatic hydroxyl groups is 5. The van der Waals surface area contributed by atoms with E-state index in [4.69, 9.17) is 23.7 Å². The normalized spacial score (nSPS) is 50.5. The number of carbonyl (C=O) groups is 4. The standard InChI is InChI=1S/C41H63NO14/c1-10-20(4)34(46)55-33-28(45)27-23(18-42-17-19(3)12-13-25(42)38(27,9)49)24-16-39-32(40(24,33)50)30(53-22(6)44)29(52-21(5)43)31-36(39,7)15-14-26(41(31,51)56-39)54-35(47)37(8,48)11-2/h19-20,23-33,45,48-51H,10-18H2,1-9H3/t19-,20+,23-,24+,25-,26-,27+,28-,29-,30+,31-,32-,33-,36+,37-,38+,39+,40+,41+/m1/s1. The van der Waals surface area contributed by atoms with Crippen LogP contribution >= 0.6 is 0 Å². The van der Waals surface area contributed by atoms with Gasteiger partial charge in [-0.3, -0.25) is 19.3 Å². The minimum absolute atomic E-state index is 0.0107. The fourth-order valence-corrected chi connectivity index (χ4v) is 13.1. The van der Waals surface area contributed by atoms with E-state index in [0.29, 0.717) is 31.8 Å². The van der Waals surface area contributed by atoms with Gasteiger partial charge in [-0.25, -0.2) is 4.79 Å². The number of aliphatic hydroxyl groups excluding tert-OH is 1. The Morgan fingerprint density at radius 3 is 2.14 bits per heavy atom. The van der Waals surface area contributed by atoms with Crippen molar-refractivity contribution in [3.05, 3.63) is 0 Å². The molecule has 5 N–H and O–H groups in total. The number of piperidine rings is 2. The highest BCUT2D eigenvalue weighted by molar-refractivity contribution is 5.79. The Morgan fingerprint density at radius 2 is 1.55 bits per heavy atom. The minimum Gasteiger partial charge on any atom is -0.458 e. The summed E-state index contributed by atoms with van der Waals surface area (Å²) in [5.41, 5.74) is -8.37. The van der Waals surface area contributed by atoms with Crippen molar-refractivity contribution in [1.29, 1.82) is 0 Å². The summed E-state index contributed by atoms with van der Waals surface area (Å²) in [7, 11) is 0. The van der Waals surface area contributed by atoms with Crippen molar-refractivity contribution in [1.82, 2.24) is 4.90 Å². The highest BCUT2D eigenvalue weighted by atomic mass is 16.7. The maximum absolute atomic E-state index is 13.9. The number of hydrogen-bond donors (Lipinski definition) is 5. The smallest absolute Gasteiger partial charge is 0.338 e. The molecule has 19 atom stereocenters. The van der Waals surface area contributed by atoms with Crippen molar-refractivity contribution < 1.29 is 68.4 Å². The lowest BCUT2D eigenvalue weighted by Crippen LogP contribution is -2.78.